The van der Waals surface area contributed by atoms with E-state index in [2.05, 4.69) is 9.97 Å². The molecule has 0 radical (unpaired) electrons. The molecule has 0 bridgehead atoms. The smallest absolute Gasteiger partial charge is 0.146 e. The molecule has 3 N–H and O–H groups in total. The molecular formula is C11H12FN3. The third-order valence-electron chi connectivity index (χ3n) is 2.27. The molecule has 0 unspecified atom stereocenters. The maximum atomic E-state index is 12.9. The van der Waals surface area contributed by atoms with Crippen LogP contribution in [0.15, 0.2) is 24.4 Å². The summed E-state index contributed by atoms with van der Waals surface area (Å²) in [4.78, 5) is 7.31. The van der Waals surface area contributed by atoms with Gasteiger partial charge in [-0.15, -0.1) is 0 Å². The highest BCUT2D eigenvalue weighted by Crippen LogP contribution is 2.21. The second kappa shape index (κ2) is 3.73. The van der Waals surface area contributed by atoms with Crippen molar-refractivity contribution >= 4 is 5.69 Å². The molecule has 0 saturated heterocycles. The van der Waals surface area contributed by atoms with E-state index >= 15 is 0 Å². The fourth-order valence-electron chi connectivity index (χ4n) is 1.40. The summed E-state index contributed by atoms with van der Waals surface area (Å²) in [5.74, 6) is 0.516. The van der Waals surface area contributed by atoms with Crippen LogP contribution in [0, 0.1) is 5.82 Å². The van der Waals surface area contributed by atoms with Gasteiger partial charge in [-0.3, -0.25) is 0 Å². The average Bonchev–Trinajstić information content (AvgIpc) is 2.70. The Kier molecular flexibility index (Phi) is 2.41. The summed E-state index contributed by atoms with van der Waals surface area (Å²) in [6, 6.07) is 4.64. The van der Waals surface area contributed by atoms with Gasteiger partial charge >= 0.3 is 0 Å². The normalized spacial score (nSPS) is 10.5. The Morgan fingerprint density at radius 1 is 1.47 bits per heavy atom. The van der Waals surface area contributed by atoms with Crippen LogP contribution >= 0.6 is 0 Å². The maximum absolute atomic E-state index is 12.9. The molecule has 0 amide bonds. The molecular weight excluding hydrogens is 193 g/mol. The summed E-state index contributed by atoms with van der Waals surface area (Å²) in [5.41, 5.74) is 7.35. The van der Waals surface area contributed by atoms with Crippen LogP contribution in [0.25, 0.3) is 11.3 Å². The maximum Gasteiger partial charge on any atom is 0.146 e. The van der Waals surface area contributed by atoms with E-state index in [1.807, 2.05) is 6.92 Å². The minimum atomic E-state index is -0.394. The molecule has 0 atom stereocenters. The van der Waals surface area contributed by atoms with Gasteiger partial charge in [-0.05, 0) is 18.2 Å². The number of nitrogens with one attached hydrogen (secondary N) is 1. The lowest BCUT2D eigenvalue weighted by Crippen LogP contribution is -1.91. The molecule has 2 aromatic rings. The standard InChI is InChI=1S/C11H12FN3/c1-2-11-14-6-10(15-11)7-3-4-8(12)9(13)5-7/h3-6H,2,13H2,1H3,(H,14,15). The molecule has 0 aliphatic heterocycles. The lowest BCUT2D eigenvalue weighted by molar-refractivity contribution is 0.632. The van der Waals surface area contributed by atoms with Crippen molar-refractivity contribution in [3.8, 4) is 11.3 Å². The number of benzene rings is 1. The third-order valence-corrected chi connectivity index (χ3v) is 2.27. The first kappa shape index (κ1) is 9.71. The number of anilines is 1. The van der Waals surface area contributed by atoms with Gasteiger partial charge in [0, 0.05) is 12.0 Å². The Hall–Kier alpha value is -1.84. The zero-order chi connectivity index (χ0) is 10.8. The first-order chi connectivity index (χ1) is 7.20. The predicted molar refractivity (Wildman–Crippen MR) is 57.8 cm³/mol. The van der Waals surface area contributed by atoms with Crippen LogP contribution in [-0.4, -0.2) is 9.97 Å². The summed E-state index contributed by atoms with van der Waals surface area (Å²) in [7, 11) is 0. The van der Waals surface area contributed by atoms with E-state index in [1.165, 1.54) is 6.07 Å². The molecule has 1 aromatic heterocycles. The van der Waals surface area contributed by atoms with Crippen molar-refractivity contribution < 1.29 is 4.39 Å². The van der Waals surface area contributed by atoms with Gasteiger partial charge in [0.05, 0.1) is 17.6 Å². The predicted octanol–water partition coefficient (Wildman–Crippen LogP) is 2.36. The van der Waals surface area contributed by atoms with E-state index in [1.54, 1.807) is 18.3 Å². The van der Waals surface area contributed by atoms with Crippen molar-refractivity contribution in [2.75, 3.05) is 5.73 Å². The number of hydrogen-bond acceptors (Lipinski definition) is 2. The van der Waals surface area contributed by atoms with Gasteiger partial charge in [-0.1, -0.05) is 6.92 Å². The molecule has 0 fully saturated rings. The molecule has 0 aliphatic rings. The molecule has 1 aromatic carbocycles. The van der Waals surface area contributed by atoms with Gasteiger partial charge in [-0.2, -0.15) is 0 Å². The molecule has 1 heterocycles. The number of H-pyrrole nitrogens is 1. The van der Waals surface area contributed by atoms with Crippen LogP contribution in [0.5, 0.6) is 0 Å². The summed E-state index contributed by atoms with van der Waals surface area (Å²) in [5, 5.41) is 0. The van der Waals surface area contributed by atoms with Crippen LogP contribution in [0.2, 0.25) is 0 Å². The van der Waals surface area contributed by atoms with Crippen molar-refractivity contribution in [1.82, 2.24) is 9.97 Å². The Bertz CT molecular complexity index is 476. The Morgan fingerprint density at radius 3 is 2.87 bits per heavy atom. The van der Waals surface area contributed by atoms with Crippen molar-refractivity contribution in [2.24, 2.45) is 0 Å². The van der Waals surface area contributed by atoms with Crippen LogP contribution in [0.4, 0.5) is 10.1 Å². The third kappa shape index (κ3) is 1.83. The number of nitrogens with two attached hydrogens (primary N) is 1. The summed E-state index contributed by atoms with van der Waals surface area (Å²) in [6.45, 7) is 2.02. The molecule has 4 heteroatoms. The Labute approximate surface area is 87.2 Å². The number of nitrogen functional groups attached to an aromatic ring is 1. The van der Waals surface area contributed by atoms with Crippen molar-refractivity contribution in [3.63, 3.8) is 0 Å². The number of aromatic amines is 1. The first-order valence-electron chi connectivity index (χ1n) is 4.80. The van der Waals surface area contributed by atoms with E-state index in [-0.39, 0.29) is 5.69 Å². The number of rotatable bonds is 2. The highest BCUT2D eigenvalue weighted by atomic mass is 19.1. The monoisotopic (exact) mass is 205 g/mol. The van der Waals surface area contributed by atoms with E-state index in [4.69, 9.17) is 5.73 Å². The molecule has 0 spiro atoms. The van der Waals surface area contributed by atoms with Gasteiger partial charge in [0.1, 0.15) is 11.6 Å². The van der Waals surface area contributed by atoms with Crippen LogP contribution < -0.4 is 5.73 Å². The average molecular weight is 205 g/mol. The van der Waals surface area contributed by atoms with E-state index in [0.29, 0.717) is 0 Å². The number of aromatic nitrogens is 2. The number of aryl methyl sites for hydroxylation is 1. The van der Waals surface area contributed by atoms with Gasteiger partial charge < -0.3 is 10.7 Å². The van der Waals surface area contributed by atoms with Crippen molar-refractivity contribution in [2.45, 2.75) is 13.3 Å². The van der Waals surface area contributed by atoms with Crippen molar-refractivity contribution in [3.05, 3.63) is 36.0 Å². The van der Waals surface area contributed by atoms with Crippen LogP contribution in [0.1, 0.15) is 12.7 Å². The Balaban J connectivity index is 2.40. The van der Waals surface area contributed by atoms with Gasteiger partial charge in [0.25, 0.3) is 0 Å². The molecule has 3 nitrogen and oxygen atoms in total. The molecule has 78 valence electrons. The summed E-state index contributed by atoms with van der Waals surface area (Å²) >= 11 is 0. The number of hydrogen-bond donors (Lipinski definition) is 2. The number of nitrogens with zero attached hydrogens (tertiary/aromatic N) is 1. The number of halogens is 1. The Morgan fingerprint density at radius 2 is 2.27 bits per heavy atom. The molecule has 15 heavy (non-hydrogen) atoms. The fourth-order valence-corrected chi connectivity index (χ4v) is 1.40. The molecule has 0 aliphatic carbocycles. The van der Waals surface area contributed by atoms with Gasteiger partial charge in [0.15, 0.2) is 0 Å². The summed E-state index contributed by atoms with van der Waals surface area (Å²) in [6.07, 6.45) is 2.57. The molecule has 2 rings (SSSR count). The van der Waals surface area contributed by atoms with Gasteiger partial charge in [-0.25, -0.2) is 9.37 Å². The number of imidazole rings is 1. The summed E-state index contributed by atoms with van der Waals surface area (Å²) < 4.78 is 12.9. The highest BCUT2D eigenvalue weighted by Gasteiger charge is 2.04. The van der Waals surface area contributed by atoms with Crippen LogP contribution in [-0.2, 0) is 6.42 Å². The molecule has 0 saturated carbocycles. The zero-order valence-corrected chi connectivity index (χ0v) is 8.42. The van der Waals surface area contributed by atoms with E-state index in [0.717, 1.165) is 23.5 Å². The van der Waals surface area contributed by atoms with Gasteiger partial charge in [0.2, 0.25) is 0 Å². The van der Waals surface area contributed by atoms with Crippen LogP contribution in [0.3, 0.4) is 0 Å². The second-order valence-electron chi connectivity index (χ2n) is 3.33. The van der Waals surface area contributed by atoms with E-state index < -0.39 is 5.82 Å². The first-order valence-corrected chi connectivity index (χ1v) is 4.80. The minimum absolute atomic E-state index is 0.153. The lowest BCUT2D eigenvalue weighted by Gasteiger charge is -2.00. The zero-order valence-electron chi connectivity index (χ0n) is 8.42. The fraction of sp³-hybridized carbons (Fsp3) is 0.182. The second-order valence-corrected chi connectivity index (χ2v) is 3.33. The van der Waals surface area contributed by atoms with Crippen molar-refractivity contribution in [1.29, 1.82) is 0 Å². The minimum Gasteiger partial charge on any atom is -0.396 e. The highest BCUT2D eigenvalue weighted by molar-refractivity contribution is 5.63. The van der Waals surface area contributed by atoms with E-state index in [9.17, 15) is 4.39 Å². The quantitative estimate of drug-likeness (QED) is 0.739. The largest absolute Gasteiger partial charge is 0.396 e. The lowest BCUT2D eigenvalue weighted by atomic mass is 10.1. The SMILES string of the molecule is CCc1ncc(-c2ccc(F)c(N)c2)[nH]1. The topological polar surface area (TPSA) is 54.7 Å².